The molecule has 270 valence electrons. The van der Waals surface area contributed by atoms with E-state index in [9.17, 15) is 0 Å². The molecule has 0 atom stereocenters. The van der Waals surface area contributed by atoms with Crippen LogP contribution in [-0.2, 0) is 10.8 Å². The van der Waals surface area contributed by atoms with Gasteiger partial charge in [-0.2, -0.15) is 0 Å². The van der Waals surface area contributed by atoms with E-state index in [4.69, 9.17) is 0 Å². The van der Waals surface area contributed by atoms with Crippen LogP contribution in [0.3, 0.4) is 0 Å². The minimum atomic E-state index is -0.0792. The molecule has 0 radical (unpaired) electrons. The minimum absolute atomic E-state index is 0.0774. The van der Waals surface area contributed by atoms with Gasteiger partial charge in [0.2, 0.25) is 0 Å². The molecule has 9 aromatic rings. The first-order valence-corrected chi connectivity index (χ1v) is 21.4. The van der Waals surface area contributed by atoms with Crippen LogP contribution in [0.25, 0.3) is 87.6 Å². The first kappa shape index (κ1) is 34.0. The summed E-state index contributed by atoms with van der Waals surface area (Å²) in [5.74, 6) is 0. The van der Waals surface area contributed by atoms with Gasteiger partial charge in [-0.1, -0.05) is 174 Å². The molecule has 0 spiro atoms. The number of fused-ring (bicyclic) bond motifs is 6. The normalized spacial score (nSPS) is 13.4. The molecule has 0 unspecified atom stereocenters. The summed E-state index contributed by atoms with van der Waals surface area (Å²) in [4.78, 5) is 5.34. The van der Waals surface area contributed by atoms with Crippen LogP contribution in [0.2, 0.25) is 0 Å². The molecule has 0 nitrogen and oxygen atoms in total. The van der Waals surface area contributed by atoms with Crippen LogP contribution in [-0.4, -0.2) is 0 Å². The molecule has 9 aromatic carbocycles. The molecule has 0 saturated carbocycles. The van der Waals surface area contributed by atoms with Gasteiger partial charge in [-0.15, -0.1) is 0 Å². The monoisotopic (exact) mass is 754 g/mol. The summed E-state index contributed by atoms with van der Waals surface area (Å²) in [6, 6.07) is 55.5. The lowest BCUT2D eigenvalue weighted by Crippen LogP contribution is -2.17. The van der Waals surface area contributed by atoms with Crippen LogP contribution in [0.5, 0.6) is 0 Å². The van der Waals surface area contributed by atoms with Crippen molar-refractivity contribution in [2.75, 3.05) is 0 Å². The Morgan fingerprint density at radius 1 is 0.321 bits per heavy atom. The van der Waals surface area contributed by atoms with Gasteiger partial charge in [0, 0.05) is 30.4 Å². The summed E-state index contributed by atoms with van der Waals surface area (Å²) in [6.07, 6.45) is 0. The molecule has 0 aliphatic carbocycles. The molecular weight excluding hydrogens is 713 g/mol. The van der Waals surface area contributed by atoms with Crippen molar-refractivity contribution in [3.63, 3.8) is 0 Å². The van der Waals surface area contributed by atoms with Crippen molar-refractivity contribution in [2.45, 2.75) is 72.0 Å². The Labute approximate surface area is 338 Å². The average molecular weight is 755 g/mol. The fraction of sp³-hybridized carbons (Fsp3) is 0.148. The molecule has 0 saturated heterocycles. The molecule has 56 heavy (non-hydrogen) atoms. The van der Waals surface area contributed by atoms with E-state index in [1.54, 1.807) is 0 Å². The van der Waals surface area contributed by atoms with Crippen molar-refractivity contribution >= 4 is 66.6 Å². The van der Waals surface area contributed by atoms with Gasteiger partial charge in [0.05, 0.1) is 0 Å². The van der Waals surface area contributed by atoms with E-state index in [1.165, 1.54) is 118 Å². The zero-order valence-corrected chi connectivity index (χ0v) is 34.3. The van der Waals surface area contributed by atoms with Crippen LogP contribution >= 0.6 is 23.5 Å². The van der Waals surface area contributed by atoms with Gasteiger partial charge in [0.15, 0.2) is 0 Å². The zero-order valence-electron chi connectivity index (χ0n) is 32.7. The Morgan fingerprint density at radius 2 is 0.839 bits per heavy atom. The summed E-state index contributed by atoms with van der Waals surface area (Å²) in [5.41, 5.74) is 13.1. The molecule has 11 rings (SSSR count). The van der Waals surface area contributed by atoms with E-state index in [1.807, 2.05) is 23.5 Å². The molecule has 2 aliphatic rings. The molecule has 0 amide bonds. The molecule has 0 N–H and O–H groups in total. The topological polar surface area (TPSA) is 0 Å². The molecule has 0 aromatic heterocycles. The van der Waals surface area contributed by atoms with Crippen molar-refractivity contribution < 1.29 is 0 Å². The fourth-order valence-corrected chi connectivity index (χ4v) is 12.1. The zero-order chi connectivity index (χ0) is 38.1. The van der Waals surface area contributed by atoms with Crippen molar-refractivity contribution in [1.29, 1.82) is 0 Å². The van der Waals surface area contributed by atoms with Crippen LogP contribution in [0.1, 0.15) is 52.7 Å². The predicted octanol–water partition coefficient (Wildman–Crippen LogP) is 16.5. The quantitative estimate of drug-likeness (QED) is 0.161. The summed E-state index contributed by atoms with van der Waals surface area (Å²) in [7, 11) is 0. The Hall–Kier alpha value is -5.28. The molecular formula is C54H42S2. The lowest BCUT2D eigenvalue weighted by atomic mass is 9.73. The van der Waals surface area contributed by atoms with Crippen LogP contribution in [0.4, 0.5) is 0 Å². The maximum absolute atomic E-state index is 2.51. The maximum atomic E-state index is 2.51. The van der Waals surface area contributed by atoms with Gasteiger partial charge < -0.3 is 0 Å². The number of benzene rings is 9. The van der Waals surface area contributed by atoms with Crippen molar-refractivity contribution in [1.82, 2.24) is 0 Å². The summed E-state index contributed by atoms with van der Waals surface area (Å²) in [6.45, 7) is 14.3. The molecule has 0 fully saturated rings. The van der Waals surface area contributed by atoms with E-state index < -0.39 is 0 Å². The third kappa shape index (κ3) is 5.08. The van der Waals surface area contributed by atoms with Gasteiger partial charge in [0.25, 0.3) is 0 Å². The molecule has 0 bridgehead atoms. The van der Waals surface area contributed by atoms with Gasteiger partial charge in [-0.25, -0.2) is 0 Å². The molecule has 2 heteroatoms. The summed E-state index contributed by atoms with van der Waals surface area (Å²) < 4.78 is 0. The Bertz CT molecular complexity index is 3140. The second-order valence-electron chi connectivity index (χ2n) is 17.7. The maximum Gasteiger partial charge on any atom is 0.0207 e. The lowest BCUT2D eigenvalue weighted by molar-refractivity contribution is 0.593. The lowest BCUT2D eigenvalue weighted by Gasteiger charge is -2.31. The Balaban J connectivity index is 1.11. The van der Waals surface area contributed by atoms with Gasteiger partial charge in [0.1, 0.15) is 0 Å². The standard InChI is InChI=1S/C54H42S2/c1-53(2,3)51-42-25-22-34(35-26-27-47-50-38(35)16-11-17-40(50)36-14-7-8-18-45(36)55-47)29-44(42)52(54(4,5)6)41-24-21-32(28-43(41)51)33-20-23-37-39-15-9-12-31-13-10-19-46(49(31)39)56-48(37)30-33/h7-30H,1-6H3. The van der Waals surface area contributed by atoms with E-state index in [0.29, 0.717) is 0 Å². The smallest absolute Gasteiger partial charge is 0.0207 e. The highest BCUT2D eigenvalue weighted by molar-refractivity contribution is 8.00. The summed E-state index contributed by atoms with van der Waals surface area (Å²) in [5, 5.41) is 10.8. The van der Waals surface area contributed by atoms with Gasteiger partial charge in [-0.05, 0) is 135 Å². The first-order chi connectivity index (χ1) is 27.0. The summed E-state index contributed by atoms with van der Waals surface area (Å²) >= 11 is 3.80. The Morgan fingerprint density at radius 3 is 1.59 bits per heavy atom. The fourth-order valence-electron chi connectivity index (χ4n) is 9.77. The third-order valence-corrected chi connectivity index (χ3v) is 14.3. The van der Waals surface area contributed by atoms with Crippen LogP contribution in [0, 0.1) is 0 Å². The highest BCUT2D eigenvalue weighted by Crippen LogP contribution is 2.52. The highest BCUT2D eigenvalue weighted by atomic mass is 32.2. The largest absolute Gasteiger partial charge is 0.0888 e. The third-order valence-electron chi connectivity index (χ3n) is 12.0. The van der Waals surface area contributed by atoms with E-state index >= 15 is 0 Å². The van der Waals surface area contributed by atoms with E-state index in [2.05, 4.69) is 187 Å². The van der Waals surface area contributed by atoms with Crippen LogP contribution < -0.4 is 0 Å². The first-order valence-electron chi connectivity index (χ1n) is 19.8. The van der Waals surface area contributed by atoms with E-state index in [-0.39, 0.29) is 10.8 Å². The number of hydrogen-bond donors (Lipinski definition) is 0. The minimum Gasteiger partial charge on any atom is -0.0888 e. The van der Waals surface area contributed by atoms with Crippen molar-refractivity contribution in [3.8, 4) is 44.5 Å². The SMILES string of the molecule is CC(C)(C)c1c2ccc(-c3ccc4c5c(cccc35)-c3ccccc3S4)cc2c(C(C)(C)C)c2ccc(-c3ccc4c(c3)Sc3cccc5cccc-4c35)cc12. The molecule has 2 aliphatic heterocycles. The van der Waals surface area contributed by atoms with Crippen molar-refractivity contribution in [2.24, 2.45) is 0 Å². The van der Waals surface area contributed by atoms with Gasteiger partial charge >= 0.3 is 0 Å². The van der Waals surface area contributed by atoms with E-state index in [0.717, 1.165) is 0 Å². The van der Waals surface area contributed by atoms with Gasteiger partial charge in [-0.3, -0.25) is 0 Å². The second-order valence-corrected chi connectivity index (χ2v) is 19.8. The predicted molar refractivity (Wildman–Crippen MR) is 244 cm³/mol. The number of rotatable bonds is 2. The number of hydrogen-bond acceptors (Lipinski definition) is 2. The molecule has 2 heterocycles. The Kier molecular flexibility index (Phi) is 7.35. The van der Waals surface area contributed by atoms with Crippen molar-refractivity contribution in [3.05, 3.63) is 157 Å². The highest BCUT2D eigenvalue weighted by Gasteiger charge is 2.29. The second kappa shape index (κ2) is 12.1. The average Bonchev–Trinajstić information content (AvgIpc) is 3.19. The van der Waals surface area contributed by atoms with Crippen LogP contribution in [0.15, 0.2) is 165 Å².